The maximum Gasteiger partial charge on any atom is 0.387 e. The molecule has 22 heavy (non-hydrogen) atoms. The van der Waals surface area contributed by atoms with Gasteiger partial charge in [-0.1, -0.05) is 17.7 Å². The first-order valence-corrected chi connectivity index (χ1v) is 7.97. The van der Waals surface area contributed by atoms with Crippen LogP contribution in [0.2, 0.25) is 5.02 Å². The van der Waals surface area contributed by atoms with E-state index in [2.05, 4.69) is 26.0 Å². The minimum absolute atomic E-state index is 0.0560. The number of carbonyl (C=O) groups is 1. The zero-order valence-corrected chi connectivity index (χ0v) is 14.0. The maximum absolute atomic E-state index is 12.5. The van der Waals surface area contributed by atoms with Crippen LogP contribution in [0.5, 0.6) is 5.75 Å². The number of hydrogen-bond acceptors (Lipinski definition) is 3. The van der Waals surface area contributed by atoms with E-state index in [0.717, 1.165) is 4.88 Å². The lowest BCUT2D eigenvalue weighted by molar-refractivity contribution is -0.111. The molecule has 1 amide bonds. The Kier molecular flexibility index (Phi) is 5.93. The Balaban J connectivity index is 2.18. The van der Waals surface area contributed by atoms with Crippen molar-refractivity contribution in [3.8, 4) is 5.75 Å². The second kappa shape index (κ2) is 7.71. The molecule has 3 nitrogen and oxygen atoms in total. The van der Waals surface area contributed by atoms with Gasteiger partial charge in [0.1, 0.15) is 0 Å². The zero-order chi connectivity index (χ0) is 16.1. The van der Waals surface area contributed by atoms with Crippen molar-refractivity contribution in [2.45, 2.75) is 6.61 Å². The maximum atomic E-state index is 12.5. The van der Waals surface area contributed by atoms with Gasteiger partial charge in [-0.05, 0) is 45.6 Å². The SMILES string of the molecule is O=C(/C=C/c1cccs1)Nc1cc(Cl)cc(Br)c1OC(F)F. The number of nitrogens with one attached hydrogen (secondary N) is 1. The highest BCUT2D eigenvalue weighted by atomic mass is 79.9. The second-order valence-corrected chi connectivity index (χ2v) is 6.25. The van der Waals surface area contributed by atoms with E-state index in [1.54, 1.807) is 6.08 Å². The van der Waals surface area contributed by atoms with E-state index >= 15 is 0 Å². The molecule has 0 saturated heterocycles. The van der Waals surface area contributed by atoms with Gasteiger partial charge >= 0.3 is 6.61 Å². The van der Waals surface area contributed by atoms with Crippen molar-refractivity contribution in [2.75, 3.05) is 5.32 Å². The zero-order valence-electron chi connectivity index (χ0n) is 10.9. The smallest absolute Gasteiger partial charge is 0.387 e. The number of halogens is 4. The number of hydrogen-bond donors (Lipinski definition) is 1. The van der Waals surface area contributed by atoms with Crippen molar-refractivity contribution in [3.05, 3.63) is 50.1 Å². The number of amides is 1. The number of anilines is 1. The molecule has 1 aromatic carbocycles. The van der Waals surface area contributed by atoms with Gasteiger partial charge in [-0.3, -0.25) is 4.79 Å². The van der Waals surface area contributed by atoms with Gasteiger partial charge in [0.15, 0.2) is 5.75 Å². The Labute approximate surface area is 142 Å². The molecule has 0 bridgehead atoms. The minimum atomic E-state index is -3.02. The first kappa shape index (κ1) is 16.9. The van der Waals surface area contributed by atoms with Crippen molar-refractivity contribution >= 4 is 56.5 Å². The van der Waals surface area contributed by atoms with Crippen molar-refractivity contribution in [1.29, 1.82) is 0 Å². The molecule has 0 saturated carbocycles. The first-order chi connectivity index (χ1) is 10.5. The molecule has 1 aromatic heterocycles. The van der Waals surface area contributed by atoms with Gasteiger partial charge < -0.3 is 10.1 Å². The van der Waals surface area contributed by atoms with Crippen LogP contribution < -0.4 is 10.1 Å². The summed E-state index contributed by atoms with van der Waals surface area (Å²) in [7, 11) is 0. The van der Waals surface area contributed by atoms with E-state index < -0.39 is 12.5 Å². The number of rotatable bonds is 5. The van der Waals surface area contributed by atoms with Crippen LogP contribution in [0, 0.1) is 0 Å². The van der Waals surface area contributed by atoms with E-state index in [1.165, 1.54) is 29.5 Å². The molecular weight excluding hydrogens is 400 g/mol. The Morgan fingerprint density at radius 1 is 1.45 bits per heavy atom. The number of benzene rings is 1. The molecule has 2 rings (SSSR count). The average Bonchev–Trinajstić information content (AvgIpc) is 2.93. The molecule has 0 radical (unpaired) electrons. The van der Waals surface area contributed by atoms with Crippen molar-refractivity contribution in [1.82, 2.24) is 0 Å². The Morgan fingerprint density at radius 3 is 2.86 bits per heavy atom. The summed E-state index contributed by atoms with van der Waals surface area (Å²) >= 11 is 10.4. The highest BCUT2D eigenvalue weighted by molar-refractivity contribution is 9.10. The predicted octanol–water partition coefficient (Wildman–Crippen LogP) is 5.42. The highest BCUT2D eigenvalue weighted by Gasteiger charge is 2.16. The topological polar surface area (TPSA) is 38.3 Å². The first-order valence-electron chi connectivity index (χ1n) is 5.92. The molecule has 116 valence electrons. The van der Waals surface area contributed by atoms with Crippen molar-refractivity contribution in [2.24, 2.45) is 0 Å². The van der Waals surface area contributed by atoms with Gasteiger partial charge in [-0.15, -0.1) is 11.3 Å². The van der Waals surface area contributed by atoms with Gasteiger partial charge in [0, 0.05) is 16.0 Å². The van der Waals surface area contributed by atoms with Gasteiger partial charge in [0.25, 0.3) is 0 Å². The fourth-order valence-electron chi connectivity index (χ4n) is 1.58. The van der Waals surface area contributed by atoms with E-state index in [4.69, 9.17) is 11.6 Å². The van der Waals surface area contributed by atoms with E-state index in [0.29, 0.717) is 0 Å². The molecule has 0 atom stereocenters. The monoisotopic (exact) mass is 407 g/mol. The number of thiophene rings is 1. The molecule has 2 aromatic rings. The lowest BCUT2D eigenvalue weighted by atomic mass is 10.3. The van der Waals surface area contributed by atoms with Gasteiger partial charge in [-0.25, -0.2) is 0 Å². The Bertz CT molecular complexity index is 692. The molecule has 0 aliphatic rings. The molecule has 0 aliphatic carbocycles. The van der Waals surface area contributed by atoms with Crippen molar-refractivity contribution in [3.63, 3.8) is 0 Å². The molecule has 8 heteroatoms. The third kappa shape index (κ3) is 4.79. The number of ether oxygens (including phenoxy) is 1. The third-order valence-corrected chi connectivity index (χ3v) is 4.06. The highest BCUT2D eigenvalue weighted by Crippen LogP contribution is 2.37. The molecule has 0 spiro atoms. The summed E-state index contributed by atoms with van der Waals surface area (Å²) in [6.07, 6.45) is 2.92. The summed E-state index contributed by atoms with van der Waals surface area (Å²) < 4.78 is 29.5. The lowest BCUT2D eigenvalue weighted by Crippen LogP contribution is -2.11. The largest absolute Gasteiger partial charge is 0.431 e. The van der Waals surface area contributed by atoms with Gasteiger partial charge in [-0.2, -0.15) is 8.78 Å². The average molecular weight is 409 g/mol. The summed E-state index contributed by atoms with van der Waals surface area (Å²) in [5.74, 6) is -0.668. The van der Waals surface area contributed by atoms with Crippen LogP contribution in [0.15, 0.2) is 40.2 Å². The van der Waals surface area contributed by atoms with Gasteiger partial charge in [0.2, 0.25) is 5.91 Å². The Hall–Kier alpha value is -1.44. The molecule has 1 N–H and O–H groups in total. The quantitative estimate of drug-likeness (QED) is 0.671. The van der Waals surface area contributed by atoms with E-state index in [1.807, 2.05) is 17.5 Å². The van der Waals surface area contributed by atoms with Crippen LogP contribution in [0.1, 0.15) is 4.88 Å². The predicted molar refractivity (Wildman–Crippen MR) is 87.8 cm³/mol. The van der Waals surface area contributed by atoms with Crippen LogP contribution in [-0.4, -0.2) is 12.5 Å². The fourth-order valence-corrected chi connectivity index (χ4v) is 3.10. The summed E-state index contributed by atoms with van der Waals surface area (Å²) in [4.78, 5) is 12.8. The van der Waals surface area contributed by atoms with Gasteiger partial charge in [0.05, 0.1) is 10.2 Å². The summed E-state index contributed by atoms with van der Waals surface area (Å²) in [6.45, 7) is -3.02. The molecule has 0 unspecified atom stereocenters. The van der Waals surface area contributed by atoms with Crippen LogP contribution in [0.3, 0.4) is 0 Å². The van der Waals surface area contributed by atoms with Crippen LogP contribution in [0.4, 0.5) is 14.5 Å². The standard InChI is InChI=1S/C14H9BrClF2NO2S/c15-10-6-8(16)7-11(13(10)21-14(17)18)19-12(20)4-3-9-2-1-5-22-9/h1-7,14H,(H,19,20)/b4-3+. The van der Waals surface area contributed by atoms with Crippen LogP contribution >= 0.6 is 38.9 Å². The number of carbonyl (C=O) groups excluding carboxylic acids is 1. The summed E-state index contributed by atoms with van der Waals surface area (Å²) in [5, 5.41) is 4.61. The molecule has 1 heterocycles. The van der Waals surface area contributed by atoms with Crippen LogP contribution in [0.25, 0.3) is 6.08 Å². The summed E-state index contributed by atoms with van der Waals surface area (Å²) in [6, 6.07) is 6.43. The van der Waals surface area contributed by atoms with Crippen LogP contribution in [-0.2, 0) is 4.79 Å². The molecular formula is C14H9BrClF2NO2S. The Morgan fingerprint density at radius 2 is 2.23 bits per heavy atom. The third-order valence-electron chi connectivity index (χ3n) is 2.42. The molecule has 0 aliphatic heterocycles. The second-order valence-electron chi connectivity index (χ2n) is 3.98. The summed E-state index contributed by atoms with van der Waals surface area (Å²) in [5.41, 5.74) is 0.0560. The van der Waals surface area contributed by atoms with Crippen molar-refractivity contribution < 1.29 is 18.3 Å². The minimum Gasteiger partial charge on any atom is -0.431 e. The van der Waals surface area contributed by atoms with E-state index in [9.17, 15) is 13.6 Å². The number of alkyl halides is 2. The van der Waals surface area contributed by atoms with E-state index in [-0.39, 0.29) is 20.9 Å². The fraction of sp³-hybridized carbons (Fsp3) is 0.0714. The normalized spacial score (nSPS) is 11.1. The lowest BCUT2D eigenvalue weighted by Gasteiger charge is -2.13. The molecule has 0 fully saturated rings.